The Balaban J connectivity index is 2.88. The van der Waals surface area contributed by atoms with E-state index in [1.54, 1.807) is 17.4 Å². The first-order valence-corrected chi connectivity index (χ1v) is 4.09. The molecule has 11 heavy (non-hydrogen) atoms. The van der Waals surface area contributed by atoms with Gasteiger partial charge in [-0.25, -0.2) is 0 Å². The fourth-order valence-corrected chi connectivity index (χ4v) is 1.87. The van der Waals surface area contributed by atoms with E-state index in [0.29, 0.717) is 5.69 Å². The minimum atomic E-state index is 0.531. The molecule has 0 aliphatic carbocycles. The summed E-state index contributed by atoms with van der Waals surface area (Å²) in [6, 6.07) is 7.46. The summed E-state index contributed by atoms with van der Waals surface area (Å²) >= 11 is 1.62. The summed E-state index contributed by atoms with van der Waals surface area (Å²) in [7, 11) is 0. The van der Waals surface area contributed by atoms with Gasteiger partial charge in [-0.2, -0.15) is 0 Å². The third-order valence-corrected chi connectivity index (χ3v) is 2.45. The average Bonchev–Trinajstić information content (AvgIpc) is 2.50. The predicted molar refractivity (Wildman–Crippen MR) is 47.3 cm³/mol. The molecule has 0 saturated carbocycles. The third-order valence-electron chi connectivity index (χ3n) is 1.57. The Hall–Kier alpha value is -1.22. The largest absolute Gasteiger partial charge is 0.145 e. The SMILES string of the molecule is O=Nc1cccc2sccc12. The van der Waals surface area contributed by atoms with Gasteiger partial charge in [0.2, 0.25) is 0 Å². The molecule has 0 atom stereocenters. The van der Waals surface area contributed by atoms with Crippen molar-refractivity contribution in [1.29, 1.82) is 0 Å². The molecule has 1 heterocycles. The molecule has 0 aliphatic rings. The van der Waals surface area contributed by atoms with Gasteiger partial charge in [-0.1, -0.05) is 6.07 Å². The Morgan fingerprint density at radius 3 is 3.00 bits per heavy atom. The van der Waals surface area contributed by atoms with Crippen molar-refractivity contribution in [1.82, 2.24) is 0 Å². The molecular weight excluding hydrogens is 158 g/mol. The molecular formula is C8H5NOS. The van der Waals surface area contributed by atoms with Crippen LogP contribution in [-0.4, -0.2) is 0 Å². The van der Waals surface area contributed by atoms with E-state index in [2.05, 4.69) is 5.18 Å². The van der Waals surface area contributed by atoms with E-state index in [-0.39, 0.29) is 0 Å². The van der Waals surface area contributed by atoms with E-state index >= 15 is 0 Å². The number of nitroso groups, excluding NO2 is 1. The highest BCUT2D eigenvalue weighted by Gasteiger charge is 1.99. The number of hydrogen-bond donors (Lipinski definition) is 0. The molecule has 0 fully saturated rings. The van der Waals surface area contributed by atoms with Crippen LogP contribution in [0.15, 0.2) is 34.8 Å². The molecule has 0 N–H and O–H groups in total. The number of nitrogens with zero attached hydrogens (tertiary/aromatic N) is 1. The molecule has 2 aromatic rings. The highest BCUT2D eigenvalue weighted by atomic mass is 32.1. The fourth-order valence-electron chi connectivity index (χ4n) is 1.06. The van der Waals surface area contributed by atoms with Crippen LogP contribution in [0.2, 0.25) is 0 Å². The monoisotopic (exact) mass is 163 g/mol. The van der Waals surface area contributed by atoms with Gasteiger partial charge in [0.15, 0.2) is 0 Å². The normalized spacial score (nSPS) is 10.2. The van der Waals surface area contributed by atoms with Crippen LogP contribution in [0.3, 0.4) is 0 Å². The summed E-state index contributed by atoms with van der Waals surface area (Å²) in [6.07, 6.45) is 0. The molecule has 0 radical (unpaired) electrons. The van der Waals surface area contributed by atoms with Crippen LogP contribution in [0.1, 0.15) is 0 Å². The van der Waals surface area contributed by atoms with Gasteiger partial charge in [0.05, 0.1) is 0 Å². The number of benzene rings is 1. The molecule has 1 aromatic heterocycles. The van der Waals surface area contributed by atoms with Gasteiger partial charge < -0.3 is 0 Å². The lowest BCUT2D eigenvalue weighted by Crippen LogP contribution is -1.62. The second kappa shape index (κ2) is 2.43. The van der Waals surface area contributed by atoms with Gasteiger partial charge in [-0.3, -0.25) is 0 Å². The zero-order valence-electron chi connectivity index (χ0n) is 5.65. The Bertz CT molecular complexity index is 394. The zero-order chi connectivity index (χ0) is 7.68. The van der Waals surface area contributed by atoms with E-state index < -0.39 is 0 Å². The van der Waals surface area contributed by atoms with Crippen LogP contribution < -0.4 is 0 Å². The summed E-state index contributed by atoms with van der Waals surface area (Å²) in [6.45, 7) is 0. The van der Waals surface area contributed by atoms with Gasteiger partial charge in [0.25, 0.3) is 0 Å². The summed E-state index contributed by atoms with van der Waals surface area (Å²) in [5, 5.41) is 5.84. The molecule has 0 unspecified atom stereocenters. The van der Waals surface area contributed by atoms with Crippen LogP contribution in [0, 0.1) is 4.91 Å². The molecule has 1 aromatic carbocycles. The predicted octanol–water partition coefficient (Wildman–Crippen LogP) is 3.30. The Labute approximate surface area is 67.4 Å². The Morgan fingerprint density at radius 1 is 1.27 bits per heavy atom. The lowest BCUT2D eigenvalue weighted by atomic mass is 10.2. The van der Waals surface area contributed by atoms with Crippen LogP contribution in [-0.2, 0) is 0 Å². The van der Waals surface area contributed by atoms with Crippen molar-refractivity contribution in [2.24, 2.45) is 5.18 Å². The average molecular weight is 163 g/mol. The molecule has 2 nitrogen and oxygen atoms in total. The molecule has 0 saturated heterocycles. The van der Waals surface area contributed by atoms with E-state index in [4.69, 9.17) is 0 Å². The first kappa shape index (κ1) is 6.49. The quantitative estimate of drug-likeness (QED) is 0.593. The molecule has 54 valence electrons. The highest BCUT2D eigenvalue weighted by molar-refractivity contribution is 7.17. The van der Waals surface area contributed by atoms with Gasteiger partial charge in [-0.05, 0) is 28.8 Å². The number of hydrogen-bond acceptors (Lipinski definition) is 3. The van der Waals surface area contributed by atoms with E-state index in [1.807, 2.05) is 23.6 Å². The van der Waals surface area contributed by atoms with Crippen LogP contribution >= 0.6 is 11.3 Å². The van der Waals surface area contributed by atoms with Gasteiger partial charge in [0.1, 0.15) is 5.69 Å². The van der Waals surface area contributed by atoms with Crippen LogP contribution in [0.4, 0.5) is 5.69 Å². The second-order valence-corrected chi connectivity index (χ2v) is 3.15. The maximum absolute atomic E-state index is 10.3. The van der Waals surface area contributed by atoms with Crippen LogP contribution in [0.25, 0.3) is 10.1 Å². The summed E-state index contributed by atoms with van der Waals surface area (Å²) in [5.74, 6) is 0. The zero-order valence-corrected chi connectivity index (χ0v) is 6.47. The van der Waals surface area contributed by atoms with Crippen LogP contribution in [0.5, 0.6) is 0 Å². The molecule has 0 amide bonds. The first-order chi connectivity index (χ1) is 5.42. The van der Waals surface area contributed by atoms with Gasteiger partial charge in [0, 0.05) is 10.1 Å². The standard InChI is InChI=1S/C8H5NOS/c10-9-7-2-1-3-8-6(7)4-5-11-8/h1-5H. The third kappa shape index (κ3) is 0.935. The first-order valence-electron chi connectivity index (χ1n) is 3.21. The van der Waals surface area contributed by atoms with Gasteiger partial charge >= 0.3 is 0 Å². The van der Waals surface area contributed by atoms with E-state index in [1.165, 1.54) is 0 Å². The molecule has 0 aliphatic heterocycles. The Kier molecular flexibility index (Phi) is 1.43. The smallest absolute Gasteiger partial charge is 0.116 e. The molecule has 2 rings (SSSR count). The molecule has 0 spiro atoms. The lowest BCUT2D eigenvalue weighted by molar-refractivity contribution is 1.55. The van der Waals surface area contributed by atoms with E-state index in [9.17, 15) is 4.91 Å². The minimum absolute atomic E-state index is 0.531. The number of rotatable bonds is 1. The summed E-state index contributed by atoms with van der Waals surface area (Å²) in [4.78, 5) is 10.3. The number of thiophene rings is 1. The fraction of sp³-hybridized carbons (Fsp3) is 0. The van der Waals surface area contributed by atoms with Crippen molar-refractivity contribution in [3.8, 4) is 0 Å². The van der Waals surface area contributed by atoms with Crippen molar-refractivity contribution in [3.63, 3.8) is 0 Å². The van der Waals surface area contributed by atoms with Crippen molar-refractivity contribution >= 4 is 27.1 Å². The maximum Gasteiger partial charge on any atom is 0.116 e. The number of fused-ring (bicyclic) bond motifs is 1. The van der Waals surface area contributed by atoms with Crippen molar-refractivity contribution < 1.29 is 0 Å². The van der Waals surface area contributed by atoms with Crippen molar-refractivity contribution in [2.75, 3.05) is 0 Å². The minimum Gasteiger partial charge on any atom is -0.145 e. The summed E-state index contributed by atoms with van der Waals surface area (Å²) < 4.78 is 1.11. The van der Waals surface area contributed by atoms with Gasteiger partial charge in [-0.15, -0.1) is 16.2 Å². The Morgan fingerprint density at radius 2 is 2.18 bits per heavy atom. The van der Waals surface area contributed by atoms with Crippen molar-refractivity contribution in [2.45, 2.75) is 0 Å². The maximum atomic E-state index is 10.3. The lowest BCUT2D eigenvalue weighted by Gasteiger charge is -1.89. The van der Waals surface area contributed by atoms with E-state index in [0.717, 1.165) is 10.1 Å². The summed E-state index contributed by atoms with van der Waals surface area (Å²) in [5.41, 5.74) is 0.531. The molecule has 3 heteroatoms. The molecule has 0 bridgehead atoms. The second-order valence-electron chi connectivity index (χ2n) is 2.20. The van der Waals surface area contributed by atoms with Crippen molar-refractivity contribution in [3.05, 3.63) is 34.6 Å². The topological polar surface area (TPSA) is 29.4 Å². The highest BCUT2D eigenvalue weighted by Crippen LogP contribution is 2.29.